The number of amides is 1. The van der Waals surface area contributed by atoms with Crippen LogP contribution in [0.15, 0.2) is 42.5 Å². The van der Waals surface area contributed by atoms with Crippen LogP contribution in [0.5, 0.6) is 0 Å². The van der Waals surface area contributed by atoms with Crippen LogP contribution in [-0.2, 0) is 0 Å². The van der Waals surface area contributed by atoms with Crippen molar-refractivity contribution >= 4 is 29.1 Å². The Bertz CT molecular complexity index is 647. The molecule has 1 unspecified atom stereocenters. The molecule has 0 spiro atoms. The molecule has 0 aliphatic carbocycles. The minimum atomic E-state index is -0.937. The average Bonchev–Trinajstić information content (AvgIpc) is 2.48. The molecule has 2 aromatic carbocycles. The van der Waals surface area contributed by atoms with E-state index in [-0.39, 0.29) is 28.0 Å². The summed E-state index contributed by atoms with van der Waals surface area (Å²) in [5.74, 6) is -0.829. The summed E-state index contributed by atoms with van der Waals surface area (Å²) in [5, 5.41) is 12.9. The van der Waals surface area contributed by atoms with Gasteiger partial charge in [0.2, 0.25) is 0 Å². The van der Waals surface area contributed by atoms with Gasteiger partial charge in [-0.25, -0.2) is 4.39 Å². The Labute approximate surface area is 131 Å². The van der Waals surface area contributed by atoms with Gasteiger partial charge in [0.25, 0.3) is 5.91 Å². The first-order valence-electron chi connectivity index (χ1n) is 6.15. The fourth-order valence-electron chi connectivity index (χ4n) is 1.77. The molecule has 2 aromatic rings. The van der Waals surface area contributed by atoms with Crippen LogP contribution >= 0.6 is 23.2 Å². The second-order valence-corrected chi connectivity index (χ2v) is 5.16. The molecule has 0 radical (unpaired) electrons. The van der Waals surface area contributed by atoms with E-state index in [9.17, 15) is 14.3 Å². The lowest BCUT2D eigenvalue weighted by molar-refractivity contribution is 0.0916. The third-order valence-electron chi connectivity index (χ3n) is 2.91. The fourth-order valence-corrected chi connectivity index (χ4v) is 2.15. The lowest BCUT2D eigenvalue weighted by atomic mass is 10.1. The van der Waals surface area contributed by atoms with E-state index < -0.39 is 12.0 Å². The number of halogens is 3. The molecule has 1 amide bonds. The first-order chi connectivity index (χ1) is 9.99. The molecule has 0 heterocycles. The first-order valence-corrected chi connectivity index (χ1v) is 6.90. The number of carbonyl (C=O) groups excluding carboxylic acids is 1. The number of hydrogen-bond acceptors (Lipinski definition) is 2. The Balaban J connectivity index is 2.00. The Morgan fingerprint density at radius 3 is 2.52 bits per heavy atom. The van der Waals surface area contributed by atoms with E-state index in [4.69, 9.17) is 23.2 Å². The van der Waals surface area contributed by atoms with Crippen LogP contribution in [0.4, 0.5) is 4.39 Å². The highest BCUT2D eigenvalue weighted by Crippen LogP contribution is 2.25. The van der Waals surface area contributed by atoms with Crippen molar-refractivity contribution in [2.24, 2.45) is 0 Å². The maximum Gasteiger partial charge on any atom is 0.252 e. The number of aliphatic hydroxyl groups excluding tert-OH is 1. The molecule has 2 N–H and O–H groups in total. The maximum atomic E-state index is 12.8. The maximum absolute atomic E-state index is 12.8. The van der Waals surface area contributed by atoms with Crippen molar-refractivity contribution in [1.82, 2.24) is 5.32 Å². The SMILES string of the molecule is O=C(NCC(O)c1ccc(F)cc1)c1cccc(Cl)c1Cl. The van der Waals surface area contributed by atoms with Gasteiger partial charge in [0.15, 0.2) is 0 Å². The molecule has 0 aliphatic heterocycles. The summed E-state index contributed by atoms with van der Waals surface area (Å²) >= 11 is 11.8. The number of carbonyl (C=O) groups is 1. The summed E-state index contributed by atoms with van der Waals surface area (Å²) in [7, 11) is 0. The van der Waals surface area contributed by atoms with Crippen molar-refractivity contribution in [3.05, 3.63) is 69.5 Å². The Kier molecular flexibility index (Phi) is 5.17. The van der Waals surface area contributed by atoms with Crippen LogP contribution in [0.2, 0.25) is 10.0 Å². The standard InChI is InChI=1S/C15H12Cl2FNO2/c16-12-3-1-2-11(14(12)17)15(21)19-8-13(20)9-4-6-10(18)7-5-9/h1-7,13,20H,8H2,(H,19,21). The largest absolute Gasteiger partial charge is 0.387 e. The highest BCUT2D eigenvalue weighted by molar-refractivity contribution is 6.43. The van der Waals surface area contributed by atoms with E-state index in [0.717, 1.165) is 0 Å². The lowest BCUT2D eigenvalue weighted by Crippen LogP contribution is -2.28. The molecule has 0 saturated carbocycles. The third kappa shape index (κ3) is 3.94. The summed E-state index contributed by atoms with van der Waals surface area (Å²) in [5.41, 5.74) is 0.740. The number of aliphatic hydroxyl groups is 1. The van der Waals surface area contributed by atoms with E-state index in [0.29, 0.717) is 5.56 Å². The molecule has 0 aromatic heterocycles. The predicted octanol–water partition coefficient (Wildman–Crippen LogP) is 3.60. The highest BCUT2D eigenvalue weighted by atomic mass is 35.5. The fraction of sp³-hybridized carbons (Fsp3) is 0.133. The zero-order chi connectivity index (χ0) is 15.4. The number of nitrogens with one attached hydrogen (secondary N) is 1. The van der Waals surface area contributed by atoms with E-state index in [2.05, 4.69) is 5.32 Å². The van der Waals surface area contributed by atoms with Crippen molar-refractivity contribution in [3.63, 3.8) is 0 Å². The van der Waals surface area contributed by atoms with Crippen LogP contribution < -0.4 is 5.32 Å². The van der Waals surface area contributed by atoms with E-state index >= 15 is 0 Å². The Hall–Kier alpha value is -1.62. The van der Waals surface area contributed by atoms with Crippen molar-refractivity contribution in [2.45, 2.75) is 6.10 Å². The van der Waals surface area contributed by atoms with Gasteiger partial charge in [-0.15, -0.1) is 0 Å². The topological polar surface area (TPSA) is 49.3 Å². The van der Waals surface area contributed by atoms with Gasteiger partial charge in [-0.2, -0.15) is 0 Å². The predicted molar refractivity (Wildman–Crippen MR) is 80.2 cm³/mol. The molecule has 1 atom stereocenters. The van der Waals surface area contributed by atoms with E-state index in [1.54, 1.807) is 12.1 Å². The van der Waals surface area contributed by atoms with Crippen LogP contribution in [0.1, 0.15) is 22.0 Å². The molecule has 6 heteroatoms. The van der Waals surface area contributed by atoms with Crippen molar-refractivity contribution < 1.29 is 14.3 Å². The van der Waals surface area contributed by atoms with Gasteiger partial charge in [0, 0.05) is 6.54 Å². The van der Waals surface area contributed by atoms with Gasteiger partial charge in [-0.3, -0.25) is 4.79 Å². The summed E-state index contributed by atoms with van der Waals surface area (Å²) < 4.78 is 12.8. The second-order valence-electron chi connectivity index (χ2n) is 4.38. The molecule has 0 bridgehead atoms. The normalized spacial score (nSPS) is 12.0. The second kappa shape index (κ2) is 6.89. The van der Waals surface area contributed by atoms with Gasteiger partial charge >= 0.3 is 0 Å². The molecule has 0 fully saturated rings. The smallest absolute Gasteiger partial charge is 0.252 e. The minimum absolute atomic E-state index is 0.0205. The van der Waals surface area contributed by atoms with Gasteiger partial charge < -0.3 is 10.4 Å². The lowest BCUT2D eigenvalue weighted by Gasteiger charge is -2.13. The molecule has 3 nitrogen and oxygen atoms in total. The average molecular weight is 328 g/mol. The molecule has 2 rings (SSSR count). The number of hydrogen-bond donors (Lipinski definition) is 2. The van der Waals surface area contributed by atoms with E-state index in [1.807, 2.05) is 0 Å². The first kappa shape index (κ1) is 15.8. The van der Waals surface area contributed by atoms with Crippen LogP contribution in [-0.4, -0.2) is 17.6 Å². The van der Waals surface area contributed by atoms with Gasteiger partial charge in [-0.05, 0) is 29.8 Å². The Morgan fingerprint density at radius 1 is 1.19 bits per heavy atom. The summed E-state index contributed by atoms with van der Waals surface area (Å²) in [6.07, 6.45) is -0.937. The van der Waals surface area contributed by atoms with Gasteiger partial charge in [-0.1, -0.05) is 41.4 Å². The third-order valence-corrected chi connectivity index (χ3v) is 3.73. The van der Waals surface area contributed by atoms with Crippen molar-refractivity contribution in [1.29, 1.82) is 0 Å². The summed E-state index contributed by atoms with van der Waals surface area (Å²) in [4.78, 5) is 12.0. The van der Waals surface area contributed by atoms with Gasteiger partial charge in [0.05, 0.1) is 21.7 Å². The molecule has 0 saturated heterocycles. The van der Waals surface area contributed by atoms with Crippen molar-refractivity contribution in [2.75, 3.05) is 6.54 Å². The quantitative estimate of drug-likeness (QED) is 0.901. The molecular weight excluding hydrogens is 316 g/mol. The molecule has 0 aliphatic rings. The van der Waals surface area contributed by atoms with Crippen LogP contribution in [0, 0.1) is 5.82 Å². The van der Waals surface area contributed by atoms with Crippen molar-refractivity contribution in [3.8, 4) is 0 Å². The summed E-state index contributed by atoms with van der Waals surface area (Å²) in [6, 6.07) is 10.1. The number of benzene rings is 2. The molecule has 21 heavy (non-hydrogen) atoms. The Morgan fingerprint density at radius 2 is 1.86 bits per heavy atom. The monoisotopic (exact) mass is 327 g/mol. The van der Waals surface area contributed by atoms with Crippen LogP contribution in [0.25, 0.3) is 0 Å². The highest BCUT2D eigenvalue weighted by Gasteiger charge is 2.14. The zero-order valence-corrected chi connectivity index (χ0v) is 12.3. The molecule has 110 valence electrons. The minimum Gasteiger partial charge on any atom is -0.387 e. The summed E-state index contributed by atoms with van der Waals surface area (Å²) in [6.45, 7) is -0.0205. The van der Waals surface area contributed by atoms with Crippen LogP contribution in [0.3, 0.4) is 0 Å². The van der Waals surface area contributed by atoms with Gasteiger partial charge in [0.1, 0.15) is 5.82 Å². The number of rotatable bonds is 4. The zero-order valence-electron chi connectivity index (χ0n) is 10.8. The van der Waals surface area contributed by atoms with E-state index in [1.165, 1.54) is 30.3 Å². The molecular formula is C15H12Cl2FNO2.